The van der Waals surface area contributed by atoms with Crippen molar-refractivity contribution in [3.05, 3.63) is 90.1 Å². The Morgan fingerprint density at radius 3 is 2.64 bits per heavy atom. The molecular formula is C20H18N4O. The molecule has 4 aromatic rings. The quantitative estimate of drug-likeness (QED) is 0.523. The smallest absolute Gasteiger partial charge is 0.268 e. The van der Waals surface area contributed by atoms with E-state index in [2.05, 4.69) is 20.3 Å². The van der Waals surface area contributed by atoms with Crippen molar-refractivity contribution in [2.75, 3.05) is 0 Å². The van der Waals surface area contributed by atoms with Crippen molar-refractivity contribution >= 4 is 16.8 Å². The first-order valence-corrected chi connectivity index (χ1v) is 8.21. The Kier molecular flexibility index (Phi) is 4.04. The molecule has 0 fully saturated rings. The third-order valence-corrected chi connectivity index (χ3v) is 4.21. The van der Waals surface area contributed by atoms with Crippen molar-refractivity contribution in [3.8, 4) is 0 Å². The molecule has 0 radical (unpaired) electrons. The fraction of sp³-hybridized carbons (Fsp3) is 0.100. The summed E-state index contributed by atoms with van der Waals surface area (Å²) in [4.78, 5) is 23.3. The minimum absolute atomic E-state index is 0.145. The summed E-state index contributed by atoms with van der Waals surface area (Å²) < 4.78 is 0. The van der Waals surface area contributed by atoms with E-state index in [1.807, 2.05) is 60.7 Å². The predicted octanol–water partition coefficient (Wildman–Crippen LogP) is 3.60. The van der Waals surface area contributed by atoms with Gasteiger partial charge in [0.05, 0.1) is 6.04 Å². The summed E-state index contributed by atoms with van der Waals surface area (Å²) >= 11 is 0. The maximum Gasteiger partial charge on any atom is 0.268 e. The number of fused-ring (bicyclic) bond motifs is 1. The molecule has 124 valence electrons. The lowest BCUT2D eigenvalue weighted by Gasteiger charge is -2.16. The molecule has 0 spiro atoms. The Labute approximate surface area is 145 Å². The summed E-state index contributed by atoms with van der Waals surface area (Å²) in [7, 11) is 0. The zero-order valence-corrected chi connectivity index (χ0v) is 13.6. The van der Waals surface area contributed by atoms with Crippen LogP contribution in [0, 0.1) is 0 Å². The first-order valence-electron chi connectivity index (χ1n) is 8.21. The second-order valence-corrected chi connectivity index (χ2v) is 5.96. The van der Waals surface area contributed by atoms with Gasteiger partial charge in [-0.25, -0.2) is 4.98 Å². The average molecular weight is 330 g/mol. The normalized spacial score (nSPS) is 12.2. The number of hydrogen-bond donors (Lipinski definition) is 3. The molecule has 0 saturated carbocycles. The minimum Gasteiger partial charge on any atom is -0.351 e. The van der Waals surface area contributed by atoms with Gasteiger partial charge in [-0.1, -0.05) is 48.5 Å². The van der Waals surface area contributed by atoms with Crippen LogP contribution in [0.1, 0.15) is 27.9 Å². The summed E-state index contributed by atoms with van der Waals surface area (Å²) in [6.07, 6.45) is 4.13. The molecule has 5 nitrogen and oxygen atoms in total. The van der Waals surface area contributed by atoms with Gasteiger partial charge in [-0.05, 0) is 24.1 Å². The topological polar surface area (TPSA) is 73.6 Å². The molecule has 0 bridgehead atoms. The van der Waals surface area contributed by atoms with E-state index in [9.17, 15) is 4.79 Å². The van der Waals surface area contributed by atoms with Gasteiger partial charge in [0.15, 0.2) is 0 Å². The summed E-state index contributed by atoms with van der Waals surface area (Å²) in [6, 6.07) is 19.5. The molecule has 2 aromatic heterocycles. The monoisotopic (exact) mass is 330 g/mol. The molecule has 2 heterocycles. The van der Waals surface area contributed by atoms with Gasteiger partial charge in [-0.3, -0.25) is 4.79 Å². The molecule has 0 aliphatic rings. The van der Waals surface area contributed by atoms with Gasteiger partial charge in [-0.15, -0.1) is 0 Å². The number of aromatic nitrogens is 3. The van der Waals surface area contributed by atoms with Crippen molar-refractivity contribution in [2.24, 2.45) is 0 Å². The lowest BCUT2D eigenvalue weighted by Crippen LogP contribution is -2.31. The summed E-state index contributed by atoms with van der Waals surface area (Å²) in [5.41, 5.74) is 2.64. The van der Waals surface area contributed by atoms with E-state index in [-0.39, 0.29) is 11.9 Å². The second kappa shape index (κ2) is 6.65. The Bertz CT molecular complexity index is 940. The fourth-order valence-electron chi connectivity index (χ4n) is 2.97. The molecule has 0 saturated heterocycles. The first kappa shape index (κ1) is 15.2. The van der Waals surface area contributed by atoms with E-state index in [1.54, 1.807) is 12.4 Å². The lowest BCUT2D eigenvalue weighted by molar-refractivity contribution is 0.0930. The van der Waals surface area contributed by atoms with E-state index in [1.165, 1.54) is 0 Å². The molecule has 0 aliphatic carbocycles. The number of carbonyl (C=O) groups excluding carboxylic acids is 1. The Balaban J connectivity index is 1.58. The molecular weight excluding hydrogens is 312 g/mol. The number of amides is 1. The highest BCUT2D eigenvalue weighted by Crippen LogP contribution is 2.18. The summed E-state index contributed by atoms with van der Waals surface area (Å²) in [6.45, 7) is 0. The molecule has 2 aromatic carbocycles. The van der Waals surface area contributed by atoms with Crippen LogP contribution in [0.2, 0.25) is 0 Å². The molecule has 25 heavy (non-hydrogen) atoms. The molecule has 1 amide bonds. The number of para-hydroxylation sites is 1. The van der Waals surface area contributed by atoms with Gasteiger partial charge in [-0.2, -0.15) is 0 Å². The number of rotatable bonds is 5. The van der Waals surface area contributed by atoms with Gasteiger partial charge in [0.1, 0.15) is 11.5 Å². The third-order valence-electron chi connectivity index (χ3n) is 4.21. The second-order valence-electron chi connectivity index (χ2n) is 5.96. The number of H-pyrrole nitrogens is 2. The Morgan fingerprint density at radius 1 is 1.08 bits per heavy atom. The zero-order chi connectivity index (χ0) is 17.1. The lowest BCUT2D eigenvalue weighted by atomic mass is 10.1. The molecule has 0 aliphatic heterocycles. The maximum absolute atomic E-state index is 12.7. The summed E-state index contributed by atoms with van der Waals surface area (Å²) in [5, 5.41) is 4.10. The summed E-state index contributed by atoms with van der Waals surface area (Å²) in [5.74, 6) is 0.599. The first-order chi connectivity index (χ1) is 12.3. The number of nitrogens with zero attached hydrogens (tertiary/aromatic N) is 1. The van der Waals surface area contributed by atoms with E-state index in [0.717, 1.165) is 22.3 Å². The van der Waals surface area contributed by atoms with Gasteiger partial charge in [0.25, 0.3) is 5.91 Å². The standard InChI is InChI=1S/C20H18N4O/c25-20(18-13-15-8-4-5-9-16(15)23-18)24-17(19-21-10-11-22-19)12-14-6-2-1-3-7-14/h1-11,13,17,23H,12H2,(H,21,22)(H,24,25). The van der Waals surface area contributed by atoms with Crippen LogP contribution in [-0.2, 0) is 6.42 Å². The van der Waals surface area contributed by atoms with Crippen LogP contribution in [0.15, 0.2) is 73.1 Å². The average Bonchev–Trinajstić information content (AvgIpc) is 3.31. The predicted molar refractivity (Wildman–Crippen MR) is 97.2 cm³/mol. The highest BCUT2D eigenvalue weighted by molar-refractivity contribution is 5.98. The van der Waals surface area contributed by atoms with Gasteiger partial charge in [0, 0.05) is 23.3 Å². The van der Waals surface area contributed by atoms with Crippen molar-refractivity contribution in [1.82, 2.24) is 20.3 Å². The van der Waals surface area contributed by atoms with E-state index in [0.29, 0.717) is 12.1 Å². The van der Waals surface area contributed by atoms with Crippen LogP contribution < -0.4 is 5.32 Å². The highest BCUT2D eigenvalue weighted by Gasteiger charge is 2.19. The van der Waals surface area contributed by atoms with Crippen molar-refractivity contribution in [2.45, 2.75) is 12.5 Å². The van der Waals surface area contributed by atoms with Crippen LogP contribution in [-0.4, -0.2) is 20.9 Å². The Hall–Kier alpha value is -3.34. The van der Waals surface area contributed by atoms with Crippen molar-refractivity contribution < 1.29 is 4.79 Å². The number of aromatic amines is 2. The highest BCUT2D eigenvalue weighted by atomic mass is 16.1. The molecule has 3 N–H and O–H groups in total. The number of carbonyl (C=O) groups is 1. The maximum atomic E-state index is 12.7. The molecule has 5 heteroatoms. The number of nitrogens with one attached hydrogen (secondary N) is 3. The van der Waals surface area contributed by atoms with E-state index in [4.69, 9.17) is 0 Å². The van der Waals surface area contributed by atoms with Gasteiger partial charge in [0.2, 0.25) is 0 Å². The van der Waals surface area contributed by atoms with Crippen LogP contribution in [0.3, 0.4) is 0 Å². The van der Waals surface area contributed by atoms with Crippen molar-refractivity contribution in [1.29, 1.82) is 0 Å². The minimum atomic E-state index is -0.226. The number of imidazole rings is 1. The van der Waals surface area contributed by atoms with E-state index >= 15 is 0 Å². The van der Waals surface area contributed by atoms with Crippen molar-refractivity contribution in [3.63, 3.8) is 0 Å². The molecule has 4 rings (SSSR count). The largest absolute Gasteiger partial charge is 0.351 e. The molecule has 1 unspecified atom stereocenters. The fourth-order valence-corrected chi connectivity index (χ4v) is 2.97. The van der Waals surface area contributed by atoms with Gasteiger partial charge < -0.3 is 15.3 Å². The SMILES string of the molecule is O=C(NC(Cc1ccccc1)c1ncc[nH]1)c1cc2ccccc2[nH]1. The third kappa shape index (κ3) is 3.30. The zero-order valence-electron chi connectivity index (χ0n) is 13.6. The van der Waals surface area contributed by atoms with Gasteiger partial charge >= 0.3 is 0 Å². The Morgan fingerprint density at radius 2 is 1.88 bits per heavy atom. The molecule has 1 atom stereocenters. The van der Waals surface area contributed by atoms with Crippen LogP contribution >= 0.6 is 0 Å². The van der Waals surface area contributed by atoms with Crippen LogP contribution in [0.25, 0.3) is 10.9 Å². The number of benzene rings is 2. The van der Waals surface area contributed by atoms with E-state index < -0.39 is 0 Å². The van der Waals surface area contributed by atoms with Crippen LogP contribution in [0.4, 0.5) is 0 Å². The van der Waals surface area contributed by atoms with Crippen LogP contribution in [0.5, 0.6) is 0 Å². The number of hydrogen-bond acceptors (Lipinski definition) is 2.